The Bertz CT molecular complexity index is 460. The van der Waals surface area contributed by atoms with Crippen LogP contribution in [0.4, 0.5) is 5.69 Å². The number of nitrogens with two attached hydrogens (primary N) is 1. The van der Waals surface area contributed by atoms with Crippen LogP contribution in [0.15, 0.2) is 23.1 Å². The van der Waals surface area contributed by atoms with E-state index in [1.165, 1.54) is 18.3 Å². The van der Waals surface area contributed by atoms with Gasteiger partial charge in [-0.25, -0.2) is 0 Å². The van der Waals surface area contributed by atoms with E-state index in [1.54, 1.807) is 0 Å². The van der Waals surface area contributed by atoms with Crippen LogP contribution in [-0.2, 0) is 4.74 Å². The van der Waals surface area contributed by atoms with Crippen LogP contribution in [0, 0.1) is 0 Å². The van der Waals surface area contributed by atoms with Crippen LogP contribution in [0.3, 0.4) is 0 Å². The van der Waals surface area contributed by atoms with Gasteiger partial charge in [0.1, 0.15) is 18.3 Å². The molecule has 0 radical (unpaired) electrons. The van der Waals surface area contributed by atoms with Gasteiger partial charge in [-0.1, -0.05) is 0 Å². The third kappa shape index (κ3) is 2.05. The van der Waals surface area contributed by atoms with Crippen LogP contribution in [-0.4, -0.2) is 44.8 Å². The second-order valence-corrected chi connectivity index (χ2v) is 3.93. The van der Waals surface area contributed by atoms with E-state index in [9.17, 15) is 15.0 Å². The van der Waals surface area contributed by atoms with Crippen LogP contribution in [0.1, 0.15) is 6.23 Å². The number of hydrogen-bond acceptors (Lipinski definition) is 6. The van der Waals surface area contributed by atoms with Crippen molar-refractivity contribution >= 4 is 5.69 Å². The highest BCUT2D eigenvalue weighted by molar-refractivity contribution is 5.34. The maximum absolute atomic E-state index is 11.6. The molecule has 1 aliphatic heterocycles. The molecule has 17 heavy (non-hydrogen) atoms. The number of anilines is 1. The summed E-state index contributed by atoms with van der Waals surface area (Å²) in [7, 11) is 0. The highest BCUT2D eigenvalue weighted by atomic mass is 16.6. The largest absolute Gasteiger partial charge is 0.399 e. The molecule has 1 unspecified atom stereocenters. The molecule has 0 aliphatic carbocycles. The number of aliphatic hydroxyl groups is 3. The highest BCUT2D eigenvalue weighted by Gasteiger charge is 2.43. The first kappa shape index (κ1) is 12.1. The maximum atomic E-state index is 11.6. The van der Waals surface area contributed by atoms with Gasteiger partial charge >= 0.3 is 0 Å². The van der Waals surface area contributed by atoms with Gasteiger partial charge < -0.3 is 25.8 Å². The molecule has 0 aromatic carbocycles. The molecule has 0 amide bonds. The van der Waals surface area contributed by atoms with Gasteiger partial charge in [-0.05, 0) is 6.07 Å². The Kier molecular flexibility index (Phi) is 3.16. The summed E-state index contributed by atoms with van der Waals surface area (Å²) in [5.74, 6) is 0. The molecule has 1 aliphatic rings. The van der Waals surface area contributed by atoms with Crippen molar-refractivity contribution in [2.75, 3.05) is 12.3 Å². The lowest BCUT2D eigenvalue weighted by molar-refractivity contribution is -0.0543. The third-order valence-electron chi connectivity index (χ3n) is 2.76. The van der Waals surface area contributed by atoms with Gasteiger partial charge in [-0.2, -0.15) is 0 Å². The fourth-order valence-electron chi connectivity index (χ4n) is 1.83. The van der Waals surface area contributed by atoms with E-state index in [0.29, 0.717) is 5.69 Å². The van der Waals surface area contributed by atoms with Crippen LogP contribution in [0.25, 0.3) is 0 Å². The van der Waals surface area contributed by atoms with Crippen molar-refractivity contribution in [1.29, 1.82) is 0 Å². The van der Waals surface area contributed by atoms with Crippen molar-refractivity contribution in [1.82, 2.24) is 4.57 Å². The molecule has 1 saturated heterocycles. The van der Waals surface area contributed by atoms with Gasteiger partial charge in [0.05, 0.1) is 6.61 Å². The van der Waals surface area contributed by atoms with Crippen molar-refractivity contribution in [3.8, 4) is 0 Å². The Morgan fingerprint density at radius 1 is 1.41 bits per heavy atom. The molecule has 2 rings (SSSR count). The predicted molar refractivity (Wildman–Crippen MR) is 58.1 cm³/mol. The first-order chi connectivity index (χ1) is 8.04. The Hall–Kier alpha value is -1.41. The Morgan fingerprint density at radius 3 is 2.65 bits per heavy atom. The lowest BCUT2D eigenvalue weighted by Gasteiger charge is -2.17. The number of aliphatic hydroxyl groups excluding tert-OH is 3. The van der Waals surface area contributed by atoms with E-state index in [4.69, 9.17) is 15.6 Å². The van der Waals surface area contributed by atoms with Gasteiger partial charge in [0.25, 0.3) is 5.56 Å². The SMILES string of the molecule is Nc1ccn([C@@H]2O[C@H](CO)C(O)[C@H]2O)c(=O)c1. The minimum Gasteiger partial charge on any atom is -0.399 e. The molecule has 0 spiro atoms. The summed E-state index contributed by atoms with van der Waals surface area (Å²) in [5.41, 5.74) is 5.29. The second kappa shape index (κ2) is 4.46. The molecular weight excluding hydrogens is 228 g/mol. The third-order valence-corrected chi connectivity index (χ3v) is 2.76. The van der Waals surface area contributed by atoms with Crippen molar-refractivity contribution in [2.24, 2.45) is 0 Å². The van der Waals surface area contributed by atoms with E-state index in [-0.39, 0.29) is 0 Å². The summed E-state index contributed by atoms with van der Waals surface area (Å²) in [6.45, 7) is -0.432. The molecule has 7 nitrogen and oxygen atoms in total. The van der Waals surface area contributed by atoms with Gasteiger partial charge in [0, 0.05) is 18.0 Å². The number of pyridine rings is 1. The summed E-state index contributed by atoms with van der Waals surface area (Å²) in [6, 6.07) is 2.67. The number of hydrogen-bond donors (Lipinski definition) is 4. The van der Waals surface area contributed by atoms with Gasteiger partial charge in [-0.15, -0.1) is 0 Å². The molecular formula is C10H14N2O5. The van der Waals surface area contributed by atoms with E-state index < -0.39 is 36.7 Å². The molecule has 94 valence electrons. The fraction of sp³-hybridized carbons (Fsp3) is 0.500. The highest BCUT2D eigenvalue weighted by Crippen LogP contribution is 2.28. The van der Waals surface area contributed by atoms with Gasteiger partial charge in [0.2, 0.25) is 0 Å². The van der Waals surface area contributed by atoms with Crippen LogP contribution in [0.5, 0.6) is 0 Å². The maximum Gasteiger partial charge on any atom is 0.254 e. The zero-order chi connectivity index (χ0) is 12.6. The number of nitrogens with zero attached hydrogens (tertiary/aromatic N) is 1. The summed E-state index contributed by atoms with van der Waals surface area (Å²) >= 11 is 0. The molecule has 0 bridgehead atoms. The minimum absolute atomic E-state index is 0.304. The predicted octanol–water partition coefficient (Wildman–Crippen LogP) is -1.96. The molecule has 1 fully saturated rings. The molecule has 0 saturated carbocycles. The molecule has 1 aromatic rings. The Morgan fingerprint density at radius 2 is 2.12 bits per heavy atom. The van der Waals surface area contributed by atoms with Crippen LogP contribution in [0.2, 0.25) is 0 Å². The molecule has 7 heteroatoms. The molecule has 5 N–H and O–H groups in total. The van der Waals surface area contributed by atoms with Gasteiger partial charge in [-0.3, -0.25) is 9.36 Å². The zero-order valence-corrected chi connectivity index (χ0v) is 8.93. The number of nitrogen functional groups attached to an aromatic ring is 1. The minimum atomic E-state index is -1.27. The van der Waals surface area contributed by atoms with E-state index in [0.717, 1.165) is 4.57 Å². The van der Waals surface area contributed by atoms with Crippen molar-refractivity contribution in [3.63, 3.8) is 0 Å². The van der Waals surface area contributed by atoms with Crippen LogP contribution < -0.4 is 11.3 Å². The van der Waals surface area contributed by atoms with Crippen molar-refractivity contribution < 1.29 is 20.1 Å². The standard InChI is InChI=1S/C10H14N2O5/c11-5-1-2-12(7(14)3-5)10-9(16)8(15)6(4-13)17-10/h1-3,6,8-10,13,15-16H,4,11H2/t6-,8?,9-,10-/m1/s1. The second-order valence-electron chi connectivity index (χ2n) is 3.93. The monoisotopic (exact) mass is 242 g/mol. The lowest BCUT2D eigenvalue weighted by atomic mass is 10.1. The molecule has 1 aromatic heterocycles. The topological polar surface area (TPSA) is 118 Å². The zero-order valence-electron chi connectivity index (χ0n) is 8.93. The number of ether oxygens (including phenoxy) is 1. The quantitative estimate of drug-likeness (QED) is 0.478. The Balaban J connectivity index is 2.32. The summed E-state index contributed by atoms with van der Waals surface area (Å²) in [5, 5.41) is 28.2. The lowest BCUT2D eigenvalue weighted by Crippen LogP contribution is -2.35. The molecule has 4 atom stereocenters. The number of aromatic nitrogens is 1. The van der Waals surface area contributed by atoms with Gasteiger partial charge in [0.15, 0.2) is 6.23 Å². The van der Waals surface area contributed by atoms with E-state index >= 15 is 0 Å². The smallest absolute Gasteiger partial charge is 0.254 e. The Labute approximate surface area is 96.7 Å². The average Bonchev–Trinajstić information content (AvgIpc) is 2.57. The molecule has 2 heterocycles. The average molecular weight is 242 g/mol. The van der Waals surface area contributed by atoms with E-state index in [1.807, 2.05) is 0 Å². The van der Waals surface area contributed by atoms with E-state index in [2.05, 4.69) is 0 Å². The summed E-state index contributed by atoms with van der Waals surface area (Å²) < 4.78 is 6.34. The fourth-order valence-corrected chi connectivity index (χ4v) is 1.83. The van der Waals surface area contributed by atoms with Crippen molar-refractivity contribution in [2.45, 2.75) is 24.5 Å². The summed E-state index contributed by atoms with van der Waals surface area (Å²) in [6.07, 6.45) is -3.05. The first-order valence-electron chi connectivity index (χ1n) is 5.14. The normalized spacial score (nSPS) is 32.9. The first-order valence-corrected chi connectivity index (χ1v) is 5.14. The van der Waals surface area contributed by atoms with Crippen LogP contribution >= 0.6 is 0 Å². The summed E-state index contributed by atoms with van der Waals surface area (Å²) in [4.78, 5) is 11.6. The van der Waals surface area contributed by atoms with Crippen molar-refractivity contribution in [3.05, 3.63) is 28.7 Å². The number of rotatable bonds is 2.